The molecule has 1 aliphatic carbocycles. The van der Waals surface area contributed by atoms with Crippen molar-refractivity contribution in [2.75, 3.05) is 0 Å². The summed E-state index contributed by atoms with van der Waals surface area (Å²) in [6.07, 6.45) is 1.37. The van der Waals surface area contributed by atoms with Crippen LogP contribution >= 0.6 is 0 Å². The van der Waals surface area contributed by atoms with Crippen molar-refractivity contribution < 1.29 is 23.5 Å². The lowest BCUT2D eigenvalue weighted by molar-refractivity contribution is -0.142. The summed E-state index contributed by atoms with van der Waals surface area (Å²) in [5, 5.41) is 11.6. The number of carboxylic acid groups (broad SMARTS) is 1. The maximum atomic E-state index is 13.4. The number of carbonyl (C=O) groups excluding carboxylic acids is 1. The highest BCUT2D eigenvalue weighted by Gasteiger charge is 2.33. The molecular formula is C14H15F2NO3. The summed E-state index contributed by atoms with van der Waals surface area (Å²) in [5.41, 5.74) is -0.296. The molecule has 1 amide bonds. The first-order chi connectivity index (χ1) is 9.49. The Kier molecular flexibility index (Phi) is 4.32. The molecule has 0 saturated heterocycles. The van der Waals surface area contributed by atoms with Gasteiger partial charge in [-0.3, -0.25) is 9.59 Å². The fourth-order valence-corrected chi connectivity index (χ4v) is 2.55. The van der Waals surface area contributed by atoms with Gasteiger partial charge in [-0.25, -0.2) is 8.78 Å². The predicted molar refractivity (Wildman–Crippen MR) is 67.0 cm³/mol. The topological polar surface area (TPSA) is 66.4 Å². The fraction of sp³-hybridized carbons (Fsp3) is 0.429. The zero-order chi connectivity index (χ0) is 14.7. The second-order valence-electron chi connectivity index (χ2n) is 4.93. The normalized spacial score (nSPS) is 21.7. The minimum Gasteiger partial charge on any atom is -0.481 e. The molecule has 2 atom stereocenters. The Labute approximate surface area is 114 Å². The first-order valence-corrected chi connectivity index (χ1v) is 6.44. The molecule has 6 heteroatoms. The molecule has 2 N–H and O–H groups in total. The molecule has 1 fully saturated rings. The van der Waals surface area contributed by atoms with Gasteiger partial charge in [-0.1, -0.05) is 12.5 Å². The average molecular weight is 283 g/mol. The predicted octanol–water partition coefficient (Wildman–Crippen LogP) is 1.88. The van der Waals surface area contributed by atoms with E-state index in [1.807, 2.05) is 0 Å². The highest BCUT2D eigenvalue weighted by molar-refractivity contribution is 5.80. The molecule has 0 aromatic heterocycles. The Morgan fingerprint density at radius 2 is 1.90 bits per heavy atom. The molecule has 4 nitrogen and oxygen atoms in total. The number of aliphatic carboxylic acids is 1. The summed E-state index contributed by atoms with van der Waals surface area (Å²) in [5.74, 6) is -3.69. The van der Waals surface area contributed by atoms with Crippen molar-refractivity contribution in [2.24, 2.45) is 5.92 Å². The van der Waals surface area contributed by atoms with Crippen LogP contribution in [0, 0.1) is 17.6 Å². The van der Waals surface area contributed by atoms with E-state index < -0.39 is 41.9 Å². The summed E-state index contributed by atoms with van der Waals surface area (Å²) < 4.78 is 26.8. The molecule has 20 heavy (non-hydrogen) atoms. The van der Waals surface area contributed by atoms with Crippen LogP contribution in [0.15, 0.2) is 18.2 Å². The molecule has 1 aromatic rings. The van der Waals surface area contributed by atoms with E-state index in [0.717, 1.165) is 18.6 Å². The summed E-state index contributed by atoms with van der Waals surface area (Å²) >= 11 is 0. The number of amides is 1. The van der Waals surface area contributed by atoms with E-state index in [9.17, 15) is 18.4 Å². The Morgan fingerprint density at radius 3 is 2.50 bits per heavy atom. The molecule has 0 radical (unpaired) electrons. The zero-order valence-electron chi connectivity index (χ0n) is 10.7. The van der Waals surface area contributed by atoms with Crippen LogP contribution in [0.2, 0.25) is 0 Å². The molecule has 0 unspecified atom stereocenters. The number of hydrogen-bond acceptors (Lipinski definition) is 2. The van der Waals surface area contributed by atoms with Crippen LogP contribution in [-0.4, -0.2) is 23.0 Å². The van der Waals surface area contributed by atoms with Crippen LogP contribution in [0.1, 0.15) is 24.8 Å². The molecule has 0 spiro atoms. The first kappa shape index (κ1) is 14.4. The monoisotopic (exact) mass is 283 g/mol. The molecule has 108 valence electrons. The van der Waals surface area contributed by atoms with E-state index in [-0.39, 0.29) is 5.56 Å². The zero-order valence-corrected chi connectivity index (χ0v) is 10.7. The maximum Gasteiger partial charge on any atom is 0.308 e. The lowest BCUT2D eigenvalue weighted by Gasteiger charge is -2.17. The summed E-state index contributed by atoms with van der Waals surface area (Å²) in [4.78, 5) is 22.8. The third-order valence-corrected chi connectivity index (χ3v) is 3.58. The van der Waals surface area contributed by atoms with E-state index in [1.165, 1.54) is 6.07 Å². The Balaban J connectivity index is 2.01. The molecule has 1 saturated carbocycles. The van der Waals surface area contributed by atoms with Crippen molar-refractivity contribution in [2.45, 2.75) is 31.7 Å². The van der Waals surface area contributed by atoms with Gasteiger partial charge in [0.15, 0.2) is 0 Å². The smallest absolute Gasteiger partial charge is 0.308 e. The number of nitrogens with one attached hydrogen (secondary N) is 1. The van der Waals surface area contributed by atoms with Gasteiger partial charge in [-0.15, -0.1) is 0 Å². The molecule has 1 aliphatic rings. The number of halogens is 2. The number of benzene rings is 1. The molecule has 1 aromatic carbocycles. The van der Waals surface area contributed by atoms with E-state index in [1.54, 1.807) is 0 Å². The van der Waals surface area contributed by atoms with Crippen molar-refractivity contribution in [3.8, 4) is 0 Å². The number of rotatable bonds is 4. The molecule has 0 bridgehead atoms. The maximum absolute atomic E-state index is 13.4. The Morgan fingerprint density at radius 1 is 1.25 bits per heavy atom. The molecular weight excluding hydrogens is 268 g/mol. The van der Waals surface area contributed by atoms with E-state index in [2.05, 4.69) is 5.32 Å². The lowest BCUT2D eigenvalue weighted by atomic mass is 10.0. The lowest BCUT2D eigenvalue weighted by Crippen LogP contribution is -2.41. The standard InChI is InChI=1S/C14H15F2NO3/c15-10-4-2-5-11(16)9(10)7-13(18)17-12-6-1-3-8(12)14(19)20/h2,4-5,8,12H,1,3,6-7H2,(H,17,18)(H,19,20)/t8-,12+/m1/s1. The van der Waals surface area contributed by atoms with E-state index in [4.69, 9.17) is 5.11 Å². The summed E-state index contributed by atoms with van der Waals surface area (Å²) in [7, 11) is 0. The molecule has 0 aliphatic heterocycles. The van der Waals surface area contributed by atoms with Crippen molar-refractivity contribution >= 4 is 11.9 Å². The minimum atomic E-state index is -0.954. The molecule has 0 heterocycles. The van der Waals surface area contributed by atoms with Gasteiger partial charge in [-0.05, 0) is 25.0 Å². The second kappa shape index (κ2) is 5.98. The third kappa shape index (κ3) is 3.12. The second-order valence-corrected chi connectivity index (χ2v) is 4.93. The summed E-state index contributed by atoms with van der Waals surface area (Å²) in [6.45, 7) is 0. The van der Waals surface area contributed by atoms with Crippen molar-refractivity contribution in [3.05, 3.63) is 35.4 Å². The van der Waals surface area contributed by atoms with Crippen LogP contribution in [0.25, 0.3) is 0 Å². The van der Waals surface area contributed by atoms with E-state index in [0.29, 0.717) is 12.8 Å². The summed E-state index contributed by atoms with van der Waals surface area (Å²) in [6, 6.07) is 2.93. The van der Waals surface area contributed by atoms with Crippen molar-refractivity contribution in [1.82, 2.24) is 5.32 Å². The SMILES string of the molecule is O=C(Cc1c(F)cccc1F)N[C@H]1CCC[C@H]1C(=O)O. The van der Waals surface area contributed by atoms with Gasteiger partial charge in [0.05, 0.1) is 12.3 Å². The van der Waals surface area contributed by atoms with Crippen LogP contribution in [0.4, 0.5) is 8.78 Å². The third-order valence-electron chi connectivity index (χ3n) is 3.58. The van der Waals surface area contributed by atoms with Gasteiger partial charge in [0.2, 0.25) is 5.91 Å². The number of carboxylic acids is 1. The van der Waals surface area contributed by atoms with Crippen LogP contribution in [-0.2, 0) is 16.0 Å². The Hall–Kier alpha value is -1.98. The first-order valence-electron chi connectivity index (χ1n) is 6.44. The highest BCUT2D eigenvalue weighted by atomic mass is 19.1. The van der Waals surface area contributed by atoms with E-state index >= 15 is 0 Å². The van der Waals surface area contributed by atoms with Crippen LogP contribution in [0.3, 0.4) is 0 Å². The minimum absolute atomic E-state index is 0.296. The van der Waals surface area contributed by atoms with Gasteiger partial charge in [0.25, 0.3) is 0 Å². The van der Waals surface area contributed by atoms with Crippen molar-refractivity contribution in [1.29, 1.82) is 0 Å². The van der Waals surface area contributed by atoms with Crippen LogP contribution < -0.4 is 5.32 Å². The largest absolute Gasteiger partial charge is 0.481 e. The Bertz CT molecular complexity index is 513. The fourth-order valence-electron chi connectivity index (χ4n) is 2.55. The average Bonchev–Trinajstić information content (AvgIpc) is 2.82. The van der Waals surface area contributed by atoms with Crippen LogP contribution in [0.5, 0.6) is 0 Å². The number of hydrogen-bond donors (Lipinski definition) is 2. The highest BCUT2D eigenvalue weighted by Crippen LogP contribution is 2.26. The molecule has 2 rings (SSSR count). The van der Waals surface area contributed by atoms with Gasteiger partial charge >= 0.3 is 5.97 Å². The van der Waals surface area contributed by atoms with Gasteiger partial charge in [0.1, 0.15) is 11.6 Å². The van der Waals surface area contributed by atoms with Crippen molar-refractivity contribution in [3.63, 3.8) is 0 Å². The number of carbonyl (C=O) groups is 2. The quantitative estimate of drug-likeness (QED) is 0.886. The van der Waals surface area contributed by atoms with Gasteiger partial charge < -0.3 is 10.4 Å². The van der Waals surface area contributed by atoms with Gasteiger partial charge in [0, 0.05) is 11.6 Å². The van der Waals surface area contributed by atoms with Gasteiger partial charge in [-0.2, -0.15) is 0 Å².